The van der Waals surface area contributed by atoms with Gasteiger partial charge in [0, 0.05) is 50.0 Å². The van der Waals surface area contributed by atoms with Crippen LogP contribution in [0.2, 0.25) is 0 Å². The fraction of sp³-hybridized carbons (Fsp3) is 0.0196. The molecule has 1 aliphatic heterocycles. The summed E-state index contributed by atoms with van der Waals surface area (Å²) in [5.74, 6) is 0.836. The number of hydrogen-bond donors (Lipinski definition) is 0. The molecule has 8 heteroatoms. The number of rotatable bonds is 5. The molecule has 4 aromatic heterocycles. The second-order valence-corrected chi connectivity index (χ2v) is 19.6. The summed E-state index contributed by atoms with van der Waals surface area (Å²) >= 11 is 1.83. The number of pyridine rings is 2. The molecule has 0 spiro atoms. The molecule has 0 amide bonds. The molecular weight excluding hydrogens is 854 g/mol. The molecule has 4 nitrogen and oxygen atoms in total. The van der Waals surface area contributed by atoms with E-state index in [2.05, 4.69) is 148 Å². The van der Waals surface area contributed by atoms with Crippen molar-refractivity contribution in [1.82, 2.24) is 14.4 Å². The van der Waals surface area contributed by atoms with Gasteiger partial charge in [-0.25, -0.2) is 9.37 Å². The number of imidazole rings is 1. The molecule has 0 aliphatic carbocycles. The standard InChI is InChI=1S/C51H31FN4SSi.Pd/c52-48(34-24-25-38-39-19-7-9-21-42(39)55-30-29-54-50(55)41(38)32-34)33-13-11-14-35(31-33)56-43-26-27-45-47(40-20-8-10-22-44(40)57-45)49(43)58(36-15-3-1-4-16-36,37-17-5-2-6-18-37)46-23-12-28-53-51(46)56;/h1-30,48H;/q-2;+2. The zero-order valence-corrected chi connectivity index (χ0v) is 34.7. The van der Waals surface area contributed by atoms with Crippen molar-refractivity contribution in [1.29, 1.82) is 0 Å². The van der Waals surface area contributed by atoms with E-state index in [0.29, 0.717) is 11.1 Å². The van der Waals surface area contributed by atoms with E-state index in [4.69, 9.17) is 4.98 Å². The van der Waals surface area contributed by atoms with Crippen molar-refractivity contribution in [2.24, 2.45) is 0 Å². The van der Waals surface area contributed by atoms with Crippen LogP contribution in [-0.4, -0.2) is 22.4 Å². The number of halogens is 1. The summed E-state index contributed by atoms with van der Waals surface area (Å²) in [5.41, 5.74) is 4.43. The maximum Gasteiger partial charge on any atom is 2.00 e. The molecule has 0 saturated carbocycles. The Labute approximate surface area is 358 Å². The Bertz CT molecular complexity index is 3370. The van der Waals surface area contributed by atoms with Crippen molar-refractivity contribution >= 4 is 105 Å². The van der Waals surface area contributed by atoms with Crippen LogP contribution in [0, 0.1) is 12.1 Å². The van der Waals surface area contributed by atoms with Crippen LogP contribution in [0.1, 0.15) is 17.3 Å². The minimum Gasteiger partial charge on any atom is -0.340 e. The van der Waals surface area contributed by atoms with E-state index < -0.39 is 14.2 Å². The van der Waals surface area contributed by atoms with Crippen molar-refractivity contribution in [3.63, 3.8) is 0 Å². The van der Waals surface area contributed by atoms with Gasteiger partial charge in [-0.1, -0.05) is 125 Å². The fourth-order valence-electron chi connectivity index (χ4n) is 9.45. The zero-order valence-electron chi connectivity index (χ0n) is 31.3. The Morgan fingerprint density at radius 3 is 2.14 bits per heavy atom. The molecule has 0 fully saturated rings. The first-order chi connectivity index (χ1) is 28.7. The van der Waals surface area contributed by atoms with Gasteiger partial charge in [0.05, 0.1) is 5.65 Å². The molecule has 7 aromatic carbocycles. The number of para-hydroxylation sites is 1. The van der Waals surface area contributed by atoms with Gasteiger partial charge in [-0.05, 0) is 56.5 Å². The molecule has 1 aliphatic rings. The molecule has 0 bridgehead atoms. The molecule has 0 radical (unpaired) electrons. The topological polar surface area (TPSA) is 33.4 Å². The number of fused-ring (bicyclic) bond motifs is 12. The Morgan fingerprint density at radius 2 is 1.32 bits per heavy atom. The van der Waals surface area contributed by atoms with Crippen LogP contribution in [0.3, 0.4) is 0 Å². The normalized spacial score (nSPS) is 13.7. The summed E-state index contributed by atoms with van der Waals surface area (Å²) in [6.07, 6.45) is 4.12. The molecule has 1 unspecified atom stereocenters. The van der Waals surface area contributed by atoms with Crippen LogP contribution < -0.4 is 25.6 Å². The molecule has 11 aromatic rings. The first-order valence-corrected chi connectivity index (χ1v) is 22.2. The number of benzene rings is 7. The van der Waals surface area contributed by atoms with E-state index >= 15 is 4.39 Å². The van der Waals surface area contributed by atoms with Crippen molar-refractivity contribution < 1.29 is 24.8 Å². The van der Waals surface area contributed by atoms with Gasteiger partial charge in [0.25, 0.3) is 0 Å². The molecule has 282 valence electrons. The first-order valence-electron chi connectivity index (χ1n) is 19.4. The number of hydrogen-bond acceptors (Lipinski definition) is 4. The van der Waals surface area contributed by atoms with Gasteiger partial charge < -0.3 is 9.30 Å². The third-order valence-corrected chi connectivity index (χ3v) is 17.8. The third kappa shape index (κ3) is 5.21. The second-order valence-electron chi connectivity index (χ2n) is 14.8. The van der Waals surface area contributed by atoms with Crippen molar-refractivity contribution in [2.45, 2.75) is 6.17 Å². The Morgan fingerprint density at radius 1 is 0.593 bits per heavy atom. The maximum atomic E-state index is 17.2. The summed E-state index contributed by atoms with van der Waals surface area (Å²) in [4.78, 5) is 12.1. The van der Waals surface area contributed by atoms with E-state index in [0.717, 1.165) is 44.5 Å². The van der Waals surface area contributed by atoms with Crippen LogP contribution >= 0.6 is 11.3 Å². The van der Waals surface area contributed by atoms with Crippen LogP contribution in [-0.2, 0) is 20.4 Å². The van der Waals surface area contributed by atoms with Gasteiger partial charge in [-0.15, -0.1) is 41.2 Å². The van der Waals surface area contributed by atoms with Crippen LogP contribution in [0.4, 0.5) is 21.6 Å². The summed E-state index contributed by atoms with van der Waals surface area (Å²) in [6.45, 7) is 0. The Balaban J connectivity index is 0.00000397. The largest absolute Gasteiger partial charge is 2.00 e. The van der Waals surface area contributed by atoms with Gasteiger partial charge in [-0.3, -0.25) is 4.98 Å². The molecule has 12 rings (SSSR count). The summed E-state index contributed by atoms with van der Waals surface area (Å²) in [6, 6.07) is 64.5. The Hall–Kier alpha value is -6.27. The summed E-state index contributed by atoms with van der Waals surface area (Å²) < 4.78 is 21.7. The number of anilines is 3. The van der Waals surface area contributed by atoms with Crippen LogP contribution in [0.25, 0.3) is 47.5 Å². The second kappa shape index (κ2) is 13.9. The number of aromatic nitrogens is 3. The van der Waals surface area contributed by atoms with Gasteiger partial charge in [0.2, 0.25) is 0 Å². The predicted octanol–water partition coefficient (Wildman–Crippen LogP) is 10.2. The van der Waals surface area contributed by atoms with Gasteiger partial charge in [0.1, 0.15) is 12.0 Å². The summed E-state index contributed by atoms with van der Waals surface area (Å²) in [7, 11) is -3.05. The minimum atomic E-state index is -3.05. The van der Waals surface area contributed by atoms with Crippen molar-refractivity contribution in [3.05, 3.63) is 206 Å². The number of nitrogens with zero attached hydrogens (tertiary/aromatic N) is 4. The Kier molecular flexibility index (Phi) is 8.47. The monoisotopic (exact) mass is 884 g/mol. The van der Waals surface area contributed by atoms with Crippen molar-refractivity contribution in [2.75, 3.05) is 4.90 Å². The molecule has 0 N–H and O–H groups in total. The fourth-order valence-corrected chi connectivity index (χ4v) is 15.9. The number of alkyl halides is 1. The van der Waals surface area contributed by atoms with Gasteiger partial charge in [0.15, 0.2) is 8.07 Å². The summed E-state index contributed by atoms with van der Waals surface area (Å²) in [5, 5.41) is 10.4. The zero-order chi connectivity index (χ0) is 38.4. The first kappa shape index (κ1) is 35.9. The van der Waals surface area contributed by atoms with Crippen molar-refractivity contribution in [3.8, 4) is 0 Å². The molecule has 5 heterocycles. The van der Waals surface area contributed by atoms with E-state index in [1.165, 1.54) is 40.9 Å². The number of thiophene rings is 1. The average molecular weight is 885 g/mol. The third-order valence-electron chi connectivity index (χ3n) is 11.8. The maximum absolute atomic E-state index is 17.2. The smallest absolute Gasteiger partial charge is 0.340 e. The van der Waals surface area contributed by atoms with Gasteiger partial charge >= 0.3 is 20.4 Å². The quantitative estimate of drug-likeness (QED) is 0.0981. The average Bonchev–Trinajstić information content (AvgIpc) is 3.95. The van der Waals surface area contributed by atoms with E-state index in [9.17, 15) is 0 Å². The molecule has 1 atom stereocenters. The molecule has 0 saturated heterocycles. The van der Waals surface area contributed by atoms with Crippen LogP contribution in [0.15, 0.2) is 182 Å². The predicted molar refractivity (Wildman–Crippen MR) is 240 cm³/mol. The van der Waals surface area contributed by atoms with E-state index in [1.54, 1.807) is 6.20 Å². The van der Waals surface area contributed by atoms with Gasteiger partial charge in [-0.2, -0.15) is 18.2 Å². The van der Waals surface area contributed by atoms with E-state index in [1.807, 2.05) is 66.2 Å². The van der Waals surface area contributed by atoms with E-state index in [-0.39, 0.29) is 20.4 Å². The molecular formula is C51H31FN4PdSSi. The molecule has 59 heavy (non-hydrogen) atoms. The minimum absolute atomic E-state index is 0. The van der Waals surface area contributed by atoms with Crippen LogP contribution in [0.5, 0.6) is 0 Å². The SMILES string of the molecule is FC(c1[c-]c(N2c3ccc4sc5ccccc5c4c3[Si](c3ccccc3)(c3ccccc3)c3cccnc32)ccc1)c1[c-]c2c(cc1)c1ccccc1n1ccnc21.[Pd+2].